The summed E-state index contributed by atoms with van der Waals surface area (Å²) in [6.45, 7) is 1.22. The predicted octanol–water partition coefficient (Wildman–Crippen LogP) is 2.71. The molecule has 0 amide bonds. The van der Waals surface area contributed by atoms with Gasteiger partial charge in [0.2, 0.25) is 5.95 Å². The molecule has 6 heteroatoms. The van der Waals surface area contributed by atoms with Crippen molar-refractivity contribution in [3.05, 3.63) is 48.0 Å². The van der Waals surface area contributed by atoms with E-state index in [0.29, 0.717) is 18.3 Å². The van der Waals surface area contributed by atoms with E-state index in [1.54, 1.807) is 0 Å². The van der Waals surface area contributed by atoms with Crippen LogP contribution >= 0.6 is 0 Å². The number of rotatable bonds is 5. The van der Waals surface area contributed by atoms with E-state index >= 15 is 0 Å². The topological polar surface area (TPSA) is 79.3 Å². The fraction of sp³-hybridized carbons (Fsp3) is 0.222. The molecule has 2 heterocycles. The van der Waals surface area contributed by atoms with Gasteiger partial charge in [0.1, 0.15) is 11.6 Å². The number of nitrogens with one attached hydrogen (secondary N) is 2. The minimum absolute atomic E-state index is 0.0449. The first-order chi connectivity index (χ1) is 11.8. The lowest BCUT2D eigenvalue weighted by Gasteiger charge is -2.11. The highest BCUT2D eigenvalue weighted by Gasteiger charge is 2.13. The minimum atomic E-state index is 0.0449. The number of ether oxygens (including phenoxy) is 1. The first-order valence-electron chi connectivity index (χ1n) is 7.98. The van der Waals surface area contributed by atoms with Crippen molar-refractivity contribution >= 4 is 28.4 Å². The van der Waals surface area contributed by atoms with Gasteiger partial charge in [0.05, 0.1) is 18.7 Å². The number of anilines is 3. The fourth-order valence-electron chi connectivity index (χ4n) is 2.81. The van der Waals surface area contributed by atoms with Crippen LogP contribution in [0.15, 0.2) is 42.5 Å². The highest BCUT2D eigenvalue weighted by molar-refractivity contribution is 5.90. The molecule has 1 aliphatic heterocycles. The summed E-state index contributed by atoms with van der Waals surface area (Å²) >= 11 is 0. The average Bonchev–Trinajstić information content (AvgIpc) is 3.07. The Balaban J connectivity index is 1.68. The van der Waals surface area contributed by atoms with Crippen LogP contribution < -0.4 is 15.4 Å². The third-order valence-corrected chi connectivity index (χ3v) is 3.96. The number of fused-ring (bicyclic) bond motifs is 2. The van der Waals surface area contributed by atoms with E-state index in [9.17, 15) is 0 Å². The lowest BCUT2D eigenvalue weighted by atomic mass is 10.1. The summed E-state index contributed by atoms with van der Waals surface area (Å²) in [5, 5.41) is 16.4. The third-order valence-electron chi connectivity index (χ3n) is 3.96. The normalized spacial score (nSPS) is 12.7. The molecular formula is C18H18N4O2. The Hall–Kier alpha value is -2.86. The minimum Gasteiger partial charge on any atom is -0.493 e. The van der Waals surface area contributed by atoms with Gasteiger partial charge in [0.15, 0.2) is 0 Å². The van der Waals surface area contributed by atoms with Crippen LogP contribution in [0, 0.1) is 0 Å². The predicted molar refractivity (Wildman–Crippen MR) is 94.0 cm³/mol. The van der Waals surface area contributed by atoms with Crippen LogP contribution in [0.1, 0.15) is 5.56 Å². The van der Waals surface area contributed by atoms with Crippen LogP contribution in [-0.2, 0) is 6.42 Å². The molecule has 0 spiro atoms. The molecular weight excluding hydrogens is 304 g/mol. The van der Waals surface area contributed by atoms with Gasteiger partial charge in [-0.2, -0.15) is 4.98 Å². The van der Waals surface area contributed by atoms with E-state index in [1.807, 2.05) is 36.4 Å². The van der Waals surface area contributed by atoms with Gasteiger partial charge >= 0.3 is 0 Å². The Morgan fingerprint density at radius 3 is 2.96 bits per heavy atom. The van der Waals surface area contributed by atoms with Crippen LogP contribution in [0.4, 0.5) is 17.5 Å². The van der Waals surface area contributed by atoms with Gasteiger partial charge in [-0.05, 0) is 23.8 Å². The second kappa shape index (κ2) is 6.33. The van der Waals surface area contributed by atoms with Crippen molar-refractivity contribution in [1.29, 1.82) is 0 Å². The molecule has 0 saturated heterocycles. The third kappa shape index (κ3) is 2.83. The highest BCUT2D eigenvalue weighted by Crippen LogP contribution is 2.30. The van der Waals surface area contributed by atoms with E-state index in [4.69, 9.17) is 9.84 Å². The lowest BCUT2D eigenvalue weighted by Crippen LogP contribution is -2.09. The smallest absolute Gasteiger partial charge is 0.229 e. The second-order valence-corrected chi connectivity index (χ2v) is 5.61. The molecule has 0 unspecified atom stereocenters. The van der Waals surface area contributed by atoms with E-state index in [0.717, 1.165) is 35.4 Å². The standard InChI is InChI=1S/C18H18N4O2/c23-9-8-19-17-14-3-1-2-4-15(14)21-18(22-17)20-13-6-5-12-7-10-24-16(12)11-13/h1-6,11,23H,7-10H2,(H2,19,20,21,22). The Bertz CT molecular complexity index is 882. The summed E-state index contributed by atoms with van der Waals surface area (Å²) in [6.07, 6.45) is 0.956. The Kier molecular flexibility index (Phi) is 3.88. The molecule has 0 bridgehead atoms. The van der Waals surface area contributed by atoms with Crippen molar-refractivity contribution in [3.8, 4) is 5.75 Å². The van der Waals surface area contributed by atoms with E-state index in [-0.39, 0.29) is 6.61 Å². The summed E-state index contributed by atoms with van der Waals surface area (Å²) < 4.78 is 5.60. The maximum absolute atomic E-state index is 9.06. The van der Waals surface area contributed by atoms with Crippen LogP contribution in [0.25, 0.3) is 10.9 Å². The number of nitrogens with zero attached hydrogens (tertiary/aromatic N) is 2. The van der Waals surface area contributed by atoms with E-state index in [2.05, 4.69) is 26.7 Å². The molecule has 0 aliphatic carbocycles. The van der Waals surface area contributed by atoms with Crippen LogP contribution in [0.2, 0.25) is 0 Å². The number of hydrogen-bond donors (Lipinski definition) is 3. The number of aromatic nitrogens is 2. The molecule has 1 aromatic heterocycles. The number of aliphatic hydroxyl groups is 1. The molecule has 24 heavy (non-hydrogen) atoms. The van der Waals surface area contributed by atoms with E-state index in [1.165, 1.54) is 5.56 Å². The van der Waals surface area contributed by atoms with Crippen LogP contribution in [0.5, 0.6) is 5.75 Å². The first kappa shape index (κ1) is 14.7. The average molecular weight is 322 g/mol. The lowest BCUT2D eigenvalue weighted by molar-refractivity contribution is 0.311. The molecule has 3 N–H and O–H groups in total. The largest absolute Gasteiger partial charge is 0.493 e. The zero-order valence-electron chi connectivity index (χ0n) is 13.1. The second-order valence-electron chi connectivity index (χ2n) is 5.61. The van der Waals surface area contributed by atoms with Gasteiger partial charge in [0, 0.05) is 30.1 Å². The molecule has 0 fully saturated rings. The molecule has 4 rings (SSSR count). The van der Waals surface area contributed by atoms with Crippen molar-refractivity contribution < 1.29 is 9.84 Å². The van der Waals surface area contributed by atoms with Crippen molar-refractivity contribution in [2.75, 3.05) is 30.4 Å². The maximum atomic E-state index is 9.06. The zero-order valence-corrected chi connectivity index (χ0v) is 13.1. The quantitative estimate of drug-likeness (QED) is 0.670. The summed E-state index contributed by atoms with van der Waals surface area (Å²) in [7, 11) is 0. The summed E-state index contributed by atoms with van der Waals surface area (Å²) in [4.78, 5) is 9.11. The van der Waals surface area contributed by atoms with Gasteiger partial charge < -0.3 is 20.5 Å². The van der Waals surface area contributed by atoms with Gasteiger partial charge in [-0.1, -0.05) is 18.2 Å². The number of para-hydroxylation sites is 1. The fourth-order valence-corrected chi connectivity index (χ4v) is 2.81. The number of benzene rings is 2. The van der Waals surface area contributed by atoms with Gasteiger partial charge in [0.25, 0.3) is 0 Å². The van der Waals surface area contributed by atoms with Gasteiger partial charge in [-0.3, -0.25) is 0 Å². The summed E-state index contributed by atoms with van der Waals surface area (Å²) in [6, 6.07) is 13.8. The molecule has 1 aliphatic rings. The van der Waals surface area contributed by atoms with Crippen LogP contribution in [-0.4, -0.2) is 34.8 Å². The van der Waals surface area contributed by atoms with Crippen molar-refractivity contribution in [3.63, 3.8) is 0 Å². The Morgan fingerprint density at radius 1 is 1.12 bits per heavy atom. The zero-order chi connectivity index (χ0) is 16.4. The van der Waals surface area contributed by atoms with Crippen molar-refractivity contribution in [2.45, 2.75) is 6.42 Å². The van der Waals surface area contributed by atoms with Crippen molar-refractivity contribution in [2.24, 2.45) is 0 Å². The van der Waals surface area contributed by atoms with Crippen molar-refractivity contribution in [1.82, 2.24) is 9.97 Å². The van der Waals surface area contributed by atoms with Gasteiger partial charge in [-0.15, -0.1) is 0 Å². The van der Waals surface area contributed by atoms with Gasteiger partial charge in [-0.25, -0.2) is 4.98 Å². The number of aliphatic hydroxyl groups excluding tert-OH is 1. The molecule has 0 saturated carbocycles. The molecule has 0 radical (unpaired) electrons. The monoisotopic (exact) mass is 322 g/mol. The molecule has 6 nitrogen and oxygen atoms in total. The SMILES string of the molecule is OCCNc1nc(Nc2ccc3c(c2)OCC3)nc2ccccc12. The highest BCUT2D eigenvalue weighted by atomic mass is 16.5. The Labute approximate surface area is 139 Å². The van der Waals surface area contributed by atoms with E-state index < -0.39 is 0 Å². The van der Waals surface area contributed by atoms with Crippen LogP contribution in [0.3, 0.4) is 0 Å². The molecule has 122 valence electrons. The summed E-state index contributed by atoms with van der Waals surface area (Å²) in [5.74, 6) is 2.13. The molecule has 0 atom stereocenters. The first-order valence-corrected chi connectivity index (χ1v) is 7.98. The Morgan fingerprint density at radius 2 is 2.04 bits per heavy atom. The molecule has 3 aromatic rings. The molecule has 2 aromatic carbocycles. The summed E-state index contributed by atoms with van der Waals surface area (Å²) in [5.41, 5.74) is 2.96. The number of hydrogen-bond acceptors (Lipinski definition) is 6. The maximum Gasteiger partial charge on any atom is 0.229 e.